The molecule has 1 N–H and O–H groups in total. The van der Waals surface area contributed by atoms with Gasteiger partial charge in [0.25, 0.3) is 0 Å². The Bertz CT molecular complexity index is 463. The van der Waals surface area contributed by atoms with Crippen LogP contribution in [0.4, 0.5) is 0 Å². The smallest absolute Gasteiger partial charge is 0.0406 e. The summed E-state index contributed by atoms with van der Waals surface area (Å²) < 4.78 is 0. The van der Waals surface area contributed by atoms with Crippen molar-refractivity contribution < 1.29 is 0 Å². The number of rotatable bonds is 4. The number of benzene rings is 1. The van der Waals surface area contributed by atoms with E-state index in [1.165, 1.54) is 50.5 Å². The van der Waals surface area contributed by atoms with Gasteiger partial charge < -0.3 is 5.32 Å². The topological polar surface area (TPSA) is 12.0 Å². The van der Waals surface area contributed by atoms with Crippen molar-refractivity contribution in [3.8, 4) is 0 Å². The van der Waals surface area contributed by atoms with Gasteiger partial charge in [0, 0.05) is 23.0 Å². The summed E-state index contributed by atoms with van der Waals surface area (Å²) >= 11 is 6.08. The zero-order valence-corrected chi connectivity index (χ0v) is 14.2. The van der Waals surface area contributed by atoms with E-state index in [9.17, 15) is 0 Å². The Kier molecular flexibility index (Phi) is 4.34. The fraction of sp³-hybridized carbons (Fsp3) is 0.684. The molecule has 1 nitrogen and oxygen atoms in total. The predicted molar refractivity (Wildman–Crippen MR) is 91.0 cm³/mol. The van der Waals surface area contributed by atoms with Crippen molar-refractivity contribution in [2.24, 2.45) is 5.41 Å². The summed E-state index contributed by atoms with van der Waals surface area (Å²) in [4.78, 5) is 0. The molecule has 0 radical (unpaired) electrons. The van der Waals surface area contributed by atoms with Crippen LogP contribution in [0.5, 0.6) is 0 Å². The van der Waals surface area contributed by atoms with Gasteiger partial charge in [-0.2, -0.15) is 0 Å². The molecule has 1 spiro atoms. The molecule has 0 bridgehead atoms. The van der Waals surface area contributed by atoms with Crippen LogP contribution in [-0.2, 0) is 5.41 Å². The summed E-state index contributed by atoms with van der Waals surface area (Å²) in [5.41, 5.74) is 2.47. The molecule has 2 heteroatoms. The summed E-state index contributed by atoms with van der Waals surface area (Å²) in [6, 6.07) is 9.16. The largest absolute Gasteiger partial charge is 0.314 e. The molecule has 2 aliphatic rings. The maximum Gasteiger partial charge on any atom is 0.0406 e. The maximum absolute atomic E-state index is 6.08. The predicted octanol–water partition coefficient (Wildman–Crippen LogP) is 5.32. The Labute approximate surface area is 134 Å². The van der Waals surface area contributed by atoms with Crippen LogP contribution in [0.15, 0.2) is 24.3 Å². The normalized spacial score (nSPS) is 23.2. The molecule has 0 atom stereocenters. The summed E-state index contributed by atoms with van der Waals surface area (Å²) in [7, 11) is 0. The highest BCUT2D eigenvalue weighted by atomic mass is 35.5. The Hall–Kier alpha value is -0.530. The molecular weight excluding hydrogens is 278 g/mol. The second-order valence-electron chi connectivity index (χ2n) is 7.74. The van der Waals surface area contributed by atoms with Crippen LogP contribution >= 0.6 is 11.6 Å². The molecule has 2 saturated carbocycles. The molecule has 1 aromatic rings. The first-order chi connectivity index (χ1) is 10.0. The molecule has 0 saturated heterocycles. The molecular formula is C19H28ClN. The first-order valence-corrected chi connectivity index (χ1v) is 8.91. The standard InChI is InChI=1S/C19H28ClN/c1-15(2)21-14-19(16-6-8-17(20)9-7-16)12-18(13-19)10-4-3-5-11-18/h6-9,15,21H,3-5,10-14H2,1-2H3. The molecule has 2 fully saturated rings. The molecule has 0 heterocycles. The van der Waals surface area contributed by atoms with E-state index >= 15 is 0 Å². The SMILES string of the molecule is CC(C)NCC1(c2ccc(Cl)cc2)CC2(CCCCC2)C1. The minimum atomic E-state index is 0.339. The van der Waals surface area contributed by atoms with Gasteiger partial charge in [0.1, 0.15) is 0 Å². The monoisotopic (exact) mass is 305 g/mol. The lowest BCUT2D eigenvalue weighted by Crippen LogP contribution is -2.56. The van der Waals surface area contributed by atoms with Crippen molar-refractivity contribution in [2.45, 2.75) is 70.3 Å². The van der Waals surface area contributed by atoms with Gasteiger partial charge in [0.05, 0.1) is 0 Å². The highest BCUT2D eigenvalue weighted by Crippen LogP contribution is 2.61. The molecule has 3 rings (SSSR count). The van der Waals surface area contributed by atoms with Crippen LogP contribution in [0.25, 0.3) is 0 Å². The Morgan fingerprint density at radius 1 is 1.05 bits per heavy atom. The van der Waals surface area contributed by atoms with Crippen molar-refractivity contribution in [3.05, 3.63) is 34.9 Å². The van der Waals surface area contributed by atoms with Crippen molar-refractivity contribution in [3.63, 3.8) is 0 Å². The van der Waals surface area contributed by atoms with Crippen molar-refractivity contribution in [1.82, 2.24) is 5.32 Å². The van der Waals surface area contributed by atoms with Gasteiger partial charge in [-0.1, -0.05) is 56.8 Å². The van der Waals surface area contributed by atoms with Gasteiger partial charge in [-0.3, -0.25) is 0 Å². The van der Waals surface area contributed by atoms with Gasteiger partial charge >= 0.3 is 0 Å². The Balaban J connectivity index is 1.78. The molecule has 1 aromatic carbocycles. The minimum Gasteiger partial charge on any atom is -0.314 e. The van der Waals surface area contributed by atoms with Crippen LogP contribution in [0.2, 0.25) is 5.02 Å². The van der Waals surface area contributed by atoms with E-state index in [4.69, 9.17) is 11.6 Å². The third kappa shape index (κ3) is 3.14. The number of hydrogen-bond acceptors (Lipinski definition) is 1. The second-order valence-corrected chi connectivity index (χ2v) is 8.17. The van der Waals surface area contributed by atoms with E-state index in [2.05, 4.69) is 43.4 Å². The Morgan fingerprint density at radius 3 is 2.24 bits per heavy atom. The maximum atomic E-state index is 6.08. The van der Waals surface area contributed by atoms with E-state index in [0.717, 1.165) is 11.6 Å². The van der Waals surface area contributed by atoms with Crippen molar-refractivity contribution >= 4 is 11.6 Å². The molecule has 0 amide bonds. The third-order valence-electron chi connectivity index (χ3n) is 5.65. The van der Waals surface area contributed by atoms with E-state index in [0.29, 0.717) is 16.9 Å². The van der Waals surface area contributed by atoms with Crippen molar-refractivity contribution in [2.75, 3.05) is 6.54 Å². The van der Waals surface area contributed by atoms with E-state index < -0.39 is 0 Å². The van der Waals surface area contributed by atoms with Gasteiger partial charge in [-0.25, -0.2) is 0 Å². The lowest BCUT2D eigenvalue weighted by molar-refractivity contribution is -0.0136. The zero-order valence-electron chi connectivity index (χ0n) is 13.4. The van der Waals surface area contributed by atoms with Crippen LogP contribution in [0.3, 0.4) is 0 Å². The minimum absolute atomic E-state index is 0.339. The quantitative estimate of drug-likeness (QED) is 0.794. The van der Waals surface area contributed by atoms with Crippen LogP contribution in [0, 0.1) is 5.41 Å². The van der Waals surface area contributed by atoms with Crippen LogP contribution < -0.4 is 5.32 Å². The van der Waals surface area contributed by atoms with Gasteiger partial charge in [-0.05, 0) is 48.8 Å². The third-order valence-corrected chi connectivity index (χ3v) is 5.90. The summed E-state index contributed by atoms with van der Waals surface area (Å²) in [6.07, 6.45) is 9.94. The van der Waals surface area contributed by atoms with Crippen LogP contribution in [-0.4, -0.2) is 12.6 Å². The highest BCUT2D eigenvalue weighted by molar-refractivity contribution is 6.30. The summed E-state index contributed by atoms with van der Waals surface area (Å²) in [5, 5.41) is 4.54. The zero-order chi connectivity index (χ0) is 14.9. The molecule has 0 aliphatic heterocycles. The summed E-state index contributed by atoms with van der Waals surface area (Å²) in [5.74, 6) is 0. The molecule has 0 aromatic heterocycles. The first-order valence-electron chi connectivity index (χ1n) is 8.53. The highest BCUT2D eigenvalue weighted by Gasteiger charge is 2.54. The molecule has 0 unspecified atom stereocenters. The average Bonchev–Trinajstić information content (AvgIpc) is 2.44. The molecule has 116 valence electrons. The Morgan fingerprint density at radius 2 is 1.67 bits per heavy atom. The lowest BCUT2D eigenvalue weighted by atomic mass is 9.46. The fourth-order valence-electron chi connectivity index (χ4n) is 4.67. The van der Waals surface area contributed by atoms with E-state index in [1.807, 2.05) is 0 Å². The number of hydrogen-bond donors (Lipinski definition) is 1. The van der Waals surface area contributed by atoms with Crippen molar-refractivity contribution in [1.29, 1.82) is 0 Å². The van der Waals surface area contributed by atoms with Gasteiger partial charge in [0.15, 0.2) is 0 Å². The van der Waals surface area contributed by atoms with Gasteiger partial charge in [0.2, 0.25) is 0 Å². The molecule has 2 aliphatic carbocycles. The number of halogens is 1. The van der Waals surface area contributed by atoms with Gasteiger partial charge in [-0.15, -0.1) is 0 Å². The first kappa shape index (κ1) is 15.4. The lowest BCUT2D eigenvalue weighted by Gasteiger charge is -2.59. The molecule has 21 heavy (non-hydrogen) atoms. The van der Waals surface area contributed by atoms with Crippen LogP contribution in [0.1, 0.15) is 64.4 Å². The average molecular weight is 306 g/mol. The van der Waals surface area contributed by atoms with E-state index in [-0.39, 0.29) is 0 Å². The second kappa shape index (κ2) is 5.93. The van der Waals surface area contributed by atoms with E-state index in [1.54, 1.807) is 0 Å². The fourth-order valence-corrected chi connectivity index (χ4v) is 4.80. The summed E-state index contributed by atoms with van der Waals surface area (Å²) in [6.45, 7) is 5.59. The number of nitrogens with one attached hydrogen (secondary N) is 1.